The molecular formula is C26H27N3O3. The number of anilines is 1. The monoisotopic (exact) mass is 429 g/mol. The minimum Gasteiger partial charge on any atom is -0.490 e. The number of carbonyl (C=O) groups excluding carboxylic acids is 2. The Morgan fingerprint density at radius 3 is 2.62 bits per heavy atom. The molecular weight excluding hydrogens is 402 g/mol. The number of pyridine rings is 1. The van der Waals surface area contributed by atoms with E-state index in [4.69, 9.17) is 4.74 Å². The third-order valence-corrected chi connectivity index (χ3v) is 5.65. The first kappa shape index (κ1) is 21.6. The fourth-order valence-corrected chi connectivity index (χ4v) is 3.87. The van der Waals surface area contributed by atoms with Crippen LogP contribution in [0.15, 0.2) is 73.1 Å². The van der Waals surface area contributed by atoms with Crippen LogP contribution in [0.25, 0.3) is 0 Å². The largest absolute Gasteiger partial charge is 0.490 e. The van der Waals surface area contributed by atoms with Gasteiger partial charge in [0.1, 0.15) is 12.4 Å². The quantitative estimate of drug-likeness (QED) is 0.567. The van der Waals surface area contributed by atoms with Crippen LogP contribution in [0.2, 0.25) is 0 Å². The van der Waals surface area contributed by atoms with Gasteiger partial charge in [0.25, 0.3) is 0 Å². The van der Waals surface area contributed by atoms with Crippen molar-refractivity contribution in [3.05, 3.63) is 89.7 Å². The van der Waals surface area contributed by atoms with Crippen molar-refractivity contribution in [3.63, 3.8) is 0 Å². The van der Waals surface area contributed by atoms with E-state index in [2.05, 4.69) is 4.98 Å². The summed E-state index contributed by atoms with van der Waals surface area (Å²) in [4.78, 5) is 33.8. The van der Waals surface area contributed by atoms with Gasteiger partial charge >= 0.3 is 0 Å². The Bertz CT molecular complexity index is 1080. The highest BCUT2D eigenvalue weighted by Gasteiger charge is 2.24. The van der Waals surface area contributed by atoms with Gasteiger partial charge in [-0.1, -0.05) is 42.5 Å². The first-order chi connectivity index (χ1) is 15.6. The SMILES string of the molecule is Cc1ccccc1CN(Cc1cccnc1)C(=O)CCC(=O)N1CCOc2ccccc21. The molecule has 4 rings (SSSR count). The molecule has 0 atom stereocenters. The summed E-state index contributed by atoms with van der Waals surface area (Å²) in [6.07, 6.45) is 3.80. The van der Waals surface area contributed by atoms with Crippen molar-refractivity contribution >= 4 is 17.5 Å². The average Bonchev–Trinajstić information content (AvgIpc) is 2.83. The fourth-order valence-electron chi connectivity index (χ4n) is 3.87. The van der Waals surface area contributed by atoms with Gasteiger partial charge in [-0.3, -0.25) is 14.6 Å². The lowest BCUT2D eigenvalue weighted by Crippen LogP contribution is -2.38. The predicted octanol–water partition coefficient (Wildman–Crippen LogP) is 4.12. The Kier molecular flexibility index (Phi) is 6.80. The number of carbonyl (C=O) groups is 2. The van der Waals surface area contributed by atoms with Crippen molar-refractivity contribution in [1.82, 2.24) is 9.88 Å². The molecule has 32 heavy (non-hydrogen) atoms. The van der Waals surface area contributed by atoms with Crippen LogP contribution < -0.4 is 9.64 Å². The number of ether oxygens (including phenoxy) is 1. The van der Waals surface area contributed by atoms with Crippen LogP contribution in [0, 0.1) is 6.92 Å². The van der Waals surface area contributed by atoms with Gasteiger partial charge in [-0.05, 0) is 41.8 Å². The molecule has 6 nitrogen and oxygen atoms in total. The van der Waals surface area contributed by atoms with Crippen molar-refractivity contribution in [2.24, 2.45) is 0 Å². The summed E-state index contributed by atoms with van der Waals surface area (Å²) in [5.74, 6) is 0.592. The molecule has 0 saturated carbocycles. The molecule has 1 aromatic heterocycles. The predicted molar refractivity (Wildman–Crippen MR) is 123 cm³/mol. The summed E-state index contributed by atoms with van der Waals surface area (Å²) in [7, 11) is 0. The summed E-state index contributed by atoms with van der Waals surface area (Å²) in [5.41, 5.74) is 3.96. The van der Waals surface area contributed by atoms with Crippen LogP contribution in [-0.2, 0) is 22.7 Å². The third kappa shape index (κ3) is 5.14. The standard InChI is InChI=1S/C26H27N3O3/c1-20-7-2-3-9-22(20)19-28(18-21-8-6-14-27-17-21)25(30)12-13-26(31)29-15-16-32-24-11-5-4-10-23(24)29/h2-11,14,17H,12-13,15-16,18-19H2,1H3. The summed E-state index contributed by atoms with van der Waals surface area (Å²) < 4.78 is 5.64. The van der Waals surface area contributed by atoms with Gasteiger partial charge < -0.3 is 14.5 Å². The molecule has 0 radical (unpaired) electrons. The molecule has 0 aliphatic carbocycles. The topological polar surface area (TPSA) is 62.7 Å². The lowest BCUT2D eigenvalue weighted by atomic mass is 10.1. The number of fused-ring (bicyclic) bond motifs is 1. The fraction of sp³-hybridized carbons (Fsp3) is 0.269. The van der Waals surface area contributed by atoms with Crippen molar-refractivity contribution in [2.75, 3.05) is 18.1 Å². The third-order valence-electron chi connectivity index (χ3n) is 5.65. The van der Waals surface area contributed by atoms with E-state index in [1.165, 1.54) is 0 Å². The van der Waals surface area contributed by atoms with Crippen LogP contribution in [0.1, 0.15) is 29.5 Å². The van der Waals surface area contributed by atoms with Crippen molar-refractivity contribution in [3.8, 4) is 5.75 Å². The molecule has 0 spiro atoms. The molecule has 0 fully saturated rings. The zero-order chi connectivity index (χ0) is 22.3. The Hall–Kier alpha value is -3.67. The number of amides is 2. The molecule has 1 aliphatic rings. The van der Waals surface area contributed by atoms with Gasteiger partial charge in [0.05, 0.1) is 12.2 Å². The van der Waals surface area contributed by atoms with Crippen LogP contribution in [-0.4, -0.2) is 34.8 Å². The van der Waals surface area contributed by atoms with Crippen LogP contribution in [0.4, 0.5) is 5.69 Å². The number of benzene rings is 2. The first-order valence-electron chi connectivity index (χ1n) is 10.8. The number of para-hydroxylation sites is 2. The highest BCUT2D eigenvalue weighted by Crippen LogP contribution is 2.31. The maximum Gasteiger partial charge on any atom is 0.227 e. The maximum atomic E-state index is 13.2. The summed E-state index contributed by atoms with van der Waals surface area (Å²) in [5, 5.41) is 0. The van der Waals surface area contributed by atoms with Crippen molar-refractivity contribution in [1.29, 1.82) is 0 Å². The molecule has 0 saturated heterocycles. The van der Waals surface area contributed by atoms with E-state index in [0.717, 1.165) is 22.4 Å². The molecule has 0 unspecified atom stereocenters. The summed E-state index contributed by atoms with van der Waals surface area (Å²) in [6, 6.07) is 19.4. The van der Waals surface area contributed by atoms with Gasteiger partial charge in [-0.15, -0.1) is 0 Å². The minimum atomic E-state index is -0.0636. The maximum absolute atomic E-state index is 13.2. The number of nitrogens with zero attached hydrogens (tertiary/aromatic N) is 3. The van der Waals surface area contributed by atoms with E-state index in [9.17, 15) is 9.59 Å². The Labute approximate surface area is 188 Å². The molecule has 2 aromatic carbocycles. The number of rotatable bonds is 7. The van der Waals surface area contributed by atoms with E-state index in [1.54, 1.807) is 22.2 Å². The second-order valence-electron chi connectivity index (χ2n) is 7.90. The van der Waals surface area contributed by atoms with E-state index in [0.29, 0.717) is 32.0 Å². The van der Waals surface area contributed by atoms with Crippen LogP contribution in [0.5, 0.6) is 5.75 Å². The highest BCUT2D eigenvalue weighted by atomic mass is 16.5. The summed E-state index contributed by atoms with van der Waals surface area (Å²) in [6.45, 7) is 3.94. The van der Waals surface area contributed by atoms with E-state index in [-0.39, 0.29) is 24.7 Å². The molecule has 2 heterocycles. The molecule has 0 bridgehead atoms. The lowest BCUT2D eigenvalue weighted by molar-refractivity contribution is -0.134. The molecule has 1 aliphatic heterocycles. The second-order valence-corrected chi connectivity index (χ2v) is 7.90. The highest BCUT2D eigenvalue weighted by molar-refractivity contribution is 5.97. The normalized spacial score (nSPS) is 12.6. The number of aromatic nitrogens is 1. The van der Waals surface area contributed by atoms with E-state index >= 15 is 0 Å². The van der Waals surface area contributed by atoms with Gasteiger partial charge in [0, 0.05) is 38.3 Å². The Balaban J connectivity index is 1.45. The number of hydrogen-bond donors (Lipinski definition) is 0. The van der Waals surface area contributed by atoms with E-state index in [1.807, 2.05) is 67.6 Å². The van der Waals surface area contributed by atoms with Crippen LogP contribution in [0.3, 0.4) is 0 Å². The smallest absolute Gasteiger partial charge is 0.227 e. The zero-order valence-electron chi connectivity index (χ0n) is 18.2. The van der Waals surface area contributed by atoms with Gasteiger partial charge in [-0.2, -0.15) is 0 Å². The second kappa shape index (κ2) is 10.1. The summed E-state index contributed by atoms with van der Waals surface area (Å²) >= 11 is 0. The minimum absolute atomic E-state index is 0.0491. The van der Waals surface area contributed by atoms with Crippen molar-refractivity contribution < 1.29 is 14.3 Å². The Morgan fingerprint density at radius 2 is 1.81 bits per heavy atom. The Morgan fingerprint density at radius 1 is 1.00 bits per heavy atom. The lowest BCUT2D eigenvalue weighted by Gasteiger charge is -2.30. The van der Waals surface area contributed by atoms with Gasteiger partial charge in [0.2, 0.25) is 11.8 Å². The average molecular weight is 430 g/mol. The first-order valence-corrected chi connectivity index (χ1v) is 10.8. The molecule has 0 N–H and O–H groups in total. The zero-order valence-corrected chi connectivity index (χ0v) is 18.2. The number of aryl methyl sites for hydroxylation is 1. The molecule has 164 valence electrons. The van der Waals surface area contributed by atoms with Gasteiger partial charge in [-0.25, -0.2) is 0 Å². The van der Waals surface area contributed by atoms with Gasteiger partial charge in [0.15, 0.2) is 0 Å². The number of hydrogen-bond acceptors (Lipinski definition) is 4. The van der Waals surface area contributed by atoms with Crippen LogP contribution >= 0.6 is 0 Å². The van der Waals surface area contributed by atoms with Crippen molar-refractivity contribution in [2.45, 2.75) is 32.9 Å². The molecule has 3 aromatic rings. The molecule has 6 heteroatoms. The van der Waals surface area contributed by atoms with E-state index < -0.39 is 0 Å². The molecule has 2 amide bonds.